The number of nitriles is 1. The van der Waals surface area contributed by atoms with Gasteiger partial charge in [-0.2, -0.15) is 5.26 Å². The van der Waals surface area contributed by atoms with Crippen molar-refractivity contribution < 1.29 is 8.42 Å². The molecular weight excluding hydrogens is 316 g/mol. The topological polar surface area (TPSA) is 83.9 Å². The van der Waals surface area contributed by atoms with Gasteiger partial charge in [0.25, 0.3) is 0 Å². The molecule has 0 spiro atoms. The number of rotatable bonds is 3. The molecule has 0 saturated heterocycles. The van der Waals surface area contributed by atoms with Gasteiger partial charge in [-0.25, -0.2) is 8.42 Å². The third-order valence-electron chi connectivity index (χ3n) is 3.39. The van der Waals surface area contributed by atoms with Crippen molar-refractivity contribution in [3.63, 3.8) is 0 Å². The summed E-state index contributed by atoms with van der Waals surface area (Å²) in [6.07, 6.45) is 0. The summed E-state index contributed by atoms with van der Waals surface area (Å²) < 4.78 is 24.8. The second-order valence-corrected chi connectivity index (χ2v) is 7.77. The largest absolute Gasteiger partial charge is 0.312 e. The van der Waals surface area contributed by atoms with Crippen LogP contribution in [0.2, 0.25) is 0 Å². The molecule has 3 atom stereocenters. The van der Waals surface area contributed by atoms with Gasteiger partial charge < -0.3 is 5.73 Å². The highest BCUT2D eigenvalue weighted by atomic mass is 79.9. The van der Waals surface area contributed by atoms with Crippen molar-refractivity contribution in [2.75, 3.05) is 5.75 Å². The smallest absolute Gasteiger partial charge is 0.156 e. The Morgan fingerprint density at radius 2 is 2.00 bits per heavy atom. The maximum atomic E-state index is 11.9. The van der Waals surface area contributed by atoms with Crippen molar-refractivity contribution in [3.05, 3.63) is 34.3 Å². The lowest BCUT2D eigenvalue weighted by Crippen LogP contribution is -2.29. The van der Waals surface area contributed by atoms with Crippen LogP contribution in [0.4, 0.5) is 0 Å². The van der Waals surface area contributed by atoms with Gasteiger partial charge in [0.1, 0.15) is 10.8 Å². The second-order valence-electron chi connectivity index (χ2n) is 4.45. The molecule has 2 rings (SSSR count). The van der Waals surface area contributed by atoms with Crippen molar-refractivity contribution in [1.82, 2.24) is 0 Å². The molecule has 4 nitrogen and oxygen atoms in total. The molecule has 6 heteroatoms. The fourth-order valence-electron chi connectivity index (χ4n) is 2.31. The molecule has 0 bridgehead atoms. The van der Waals surface area contributed by atoms with E-state index in [1.165, 1.54) is 0 Å². The molecule has 1 aliphatic rings. The van der Waals surface area contributed by atoms with E-state index in [0.29, 0.717) is 0 Å². The van der Waals surface area contributed by atoms with Gasteiger partial charge in [-0.05, 0) is 17.7 Å². The zero-order valence-electron chi connectivity index (χ0n) is 9.80. The summed E-state index contributed by atoms with van der Waals surface area (Å²) >= 11 is 3.31. The summed E-state index contributed by atoms with van der Waals surface area (Å²) in [5.74, 6) is -0.425. The molecule has 1 aromatic carbocycles. The van der Waals surface area contributed by atoms with Crippen molar-refractivity contribution in [2.45, 2.75) is 23.6 Å². The van der Waals surface area contributed by atoms with Crippen molar-refractivity contribution >= 4 is 25.8 Å². The summed E-state index contributed by atoms with van der Waals surface area (Å²) in [6.45, 7) is 1.57. The van der Waals surface area contributed by atoms with Gasteiger partial charge in [0.2, 0.25) is 0 Å². The van der Waals surface area contributed by atoms with E-state index < -0.39 is 26.5 Å². The average Bonchev–Trinajstić information content (AvgIpc) is 2.98. The Bertz CT molecular complexity index is 606. The molecule has 18 heavy (non-hydrogen) atoms. The molecule has 3 unspecified atom stereocenters. The van der Waals surface area contributed by atoms with E-state index in [1.807, 2.05) is 18.2 Å². The molecule has 0 heterocycles. The van der Waals surface area contributed by atoms with Gasteiger partial charge in [0, 0.05) is 16.1 Å². The number of nitrogens with two attached hydrogens (primary N) is 1. The molecule has 1 aromatic rings. The lowest BCUT2D eigenvalue weighted by molar-refractivity contribution is 0.593. The molecule has 0 radical (unpaired) electrons. The van der Waals surface area contributed by atoms with Gasteiger partial charge in [0.05, 0.1) is 6.07 Å². The van der Waals surface area contributed by atoms with Crippen LogP contribution in [0, 0.1) is 11.3 Å². The maximum absolute atomic E-state index is 11.9. The van der Waals surface area contributed by atoms with E-state index in [2.05, 4.69) is 15.9 Å². The normalized spacial score (nSPS) is 30.8. The first-order valence-corrected chi connectivity index (χ1v) is 8.05. The Hall–Kier alpha value is -0.900. The lowest BCUT2D eigenvalue weighted by Gasteiger charge is -2.00. The van der Waals surface area contributed by atoms with E-state index in [-0.39, 0.29) is 5.75 Å². The summed E-state index contributed by atoms with van der Waals surface area (Å²) in [7, 11) is -3.31. The highest BCUT2D eigenvalue weighted by Crippen LogP contribution is 2.53. The minimum atomic E-state index is -3.31. The average molecular weight is 329 g/mol. The Balaban J connectivity index is 2.41. The van der Waals surface area contributed by atoms with Gasteiger partial charge in [-0.15, -0.1) is 0 Å². The zero-order chi connectivity index (χ0) is 13.6. The molecule has 1 aliphatic carbocycles. The van der Waals surface area contributed by atoms with Crippen LogP contribution in [0.25, 0.3) is 0 Å². The van der Waals surface area contributed by atoms with E-state index in [0.717, 1.165) is 10.0 Å². The Labute approximate surface area is 115 Å². The van der Waals surface area contributed by atoms with Crippen molar-refractivity contribution in [2.24, 2.45) is 5.73 Å². The molecule has 1 saturated carbocycles. The van der Waals surface area contributed by atoms with Crippen molar-refractivity contribution in [3.8, 4) is 6.07 Å². The standard InChI is InChI=1S/C12H13BrN2O2S/c1-2-18(16,17)11-10(12(11,15)7-14)8-3-5-9(13)6-4-8/h3-6,10-11H,2,15H2,1H3. The molecule has 2 N–H and O–H groups in total. The summed E-state index contributed by atoms with van der Waals surface area (Å²) in [6, 6.07) is 9.21. The van der Waals surface area contributed by atoms with E-state index in [9.17, 15) is 8.42 Å². The number of hydrogen-bond acceptors (Lipinski definition) is 4. The monoisotopic (exact) mass is 328 g/mol. The van der Waals surface area contributed by atoms with Crippen LogP contribution in [0.1, 0.15) is 18.4 Å². The van der Waals surface area contributed by atoms with Crippen LogP contribution < -0.4 is 5.73 Å². The molecular formula is C12H13BrN2O2S. The first-order valence-electron chi connectivity index (χ1n) is 5.54. The van der Waals surface area contributed by atoms with Crippen LogP contribution in [-0.2, 0) is 9.84 Å². The van der Waals surface area contributed by atoms with E-state index >= 15 is 0 Å². The SMILES string of the molecule is CCS(=O)(=O)C1C(c2ccc(Br)cc2)C1(N)C#N. The van der Waals surface area contributed by atoms with Gasteiger partial charge in [-0.1, -0.05) is 35.0 Å². The first-order chi connectivity index (χ1) is 8.36. The van der Waals surface area contributed by atoms with Crippen LogP contribution in [0.3, 0.4) is 0 Å². The molecule has 0 aliphatic heterocycles. The zero-order valence-corrected chi connectivity index (χ0v) is 12.2. The third kappa shape index (κ3) is 1.96. The quantitative estimate of drug-likeness (QED) is 0.912. The first kappa shape index (κ1) is 13.5. The van der Waals surface area contributed by atoms with Crippen LogP contribution in [-0.4, -0.2) is 25.0 Å². The molecule has 0 amide bonds. The van der Waals surface area contributed by atoms with Crippen LogP contribution >= 0.6 is 15.9 Å². The highest BCUT2D eigenvalue weighted by molar-refractivity contribution is 9.10. The molecule has 1 fully saturated rings. The highest BCUT2D eigenvalue weighted by Gasteiger charge is 2.69. The summed E-state index contributed by atoms with van der Waals surface area (Å²) in [5, 5.41) is 8.34. The van der Waals surface area contributed by atoms with E-state index in [4.69, 9.17) is 11.0 Å². The number of nitrogens with zero attached hydrogens (tertiary/aromatic N) is 1. The van der Waals surface area contributed by atoms with Crippen LogP contribution in [0.5, 0.6) is 0 Å². The summed E-state index contributed by atoms with van der Waals surface area (Å²) in [4.78, 5) is 0. The third-order valence-corrected chi connectivity index (χ3v) is 6.16. The Morgan fingerprint density at radius 3 is 2.44 bits per heavy atom. The van der Waals surface area contributed by atoms with Gasteiger partial charge in [0.15, 0.2) is 9.84 Å². The minimum absolute atomic E-state index is 0.00528. The fraction of sp³-hybridized carbons (Fsp3) is 0.417. The Kier molecular flexibility index (Phi) is 3.26. The van der Waals surface area contributed by atoms with E-state index in [1.54, 1.807) is 19.1 Å². The number of benzene rings is 1. The number of sulfone groups is 1. The Morgan fingerprint density at radius 1 is 1.44 bits per heavy atom. The second kappa shape index (κ2) is 4.34. The fourth-order valence-corrected chi connectivity index (χ4v) is 4.45. The van der Waals surface area contributed by atoms with Crippen LogP contribution in [0.15, 0.2) is 28.7 Å². The number of halogens is 1. The minimum Gasteiger partial charge on any atom is -0.312 e. The predicted octanol–water partition coefficient (Wildman–Crippen LogP) is 1.57. The maximum Gasteiger partial charge on any atom is 0.156 e. The molecule has 96 valence electrons. The molecule has 0 aromatic heterocycles. The van der Waals surface area contributed by atoms with Gasteiger partial charge >= 0.3 is 0 Å². The lowest BCUT2D eigenvalue weighted by atomic mass is 10.1. The number of hydrogen-bond donors (Lipinski definition) is 1. The summed E-state index contributed by atoms with van der Waals surface area (Å²) in [5.41, 5.74) is 5.42. The van der Waals surface area contributed by atoms with Crippen molar-refractivity contribution in [1.29, 1.82) is 5.26 Å². The van der Waals surface area contributed by atoms with Gasteiger partial charge in [-0.3, -0.25) is 0 Å². The predicted molar refractivity (Wildman–Crippen MR) is 72.7 cm³/mol.